The average molecular weight is 257 g/mol. The summed E-state index contributed by atoms with van der Waals surface area (Å²) in [5.74, 6) is 0.0318. The third kappa shape index (κ3) is 2.84. The van der Waals surface area contributed by atoms with E-state index in [4.69, 9.17) is 0 Å². The zero-order valence-electron chi connectivity index (χ0n) is 11.8. The second kappa shape index (κ2) is 5.26. The number of aromatic nitrogens is 2. The molecule has 0 bridgehead atoms. The summed E-state index contributed by atoms with van der Waals surface area (Å²) in [6.45, 7) is 4.62. The highest BCUT2D eigenvalue weighted by Gasteiger charge is 2.13. The fraction of sp³-hybridized carbons (Fsp3) is 0.333. The monoisotopic (exact) mass is 257 g/mol. The van der Waals surface area contributed by atoms with Gasteiger partial charge in [0.15, 0.2) is 0 Å². The van der Waals surface area contributed by atoms with Crippen molar-refractivity contribution in [2.45, 2.75) is 20.4 Å². The highest BCUT2D eigenvalue weighted by molar-refractivity contribution is 5.94. The molecule has 0 fully saturated rings. The summed E-state index contributed by atoms with van der Waals surface area (Å²) in [6.07, 6.45) is 1.74. The van der Waals surface area contributed by atoms with Crippen molar-refractivity contribution in [3.63, 3.8) is 0 Å². The van der Waals surface area contributed by atoms with Crippen LogP contribution in [0.5, 0.6) is 0 Å². The Morgan fingerprint density at radius 2 is 2.00 bits per heavy atom. The SMILES string of the molecule is Cc1ccc(C(=O)N(C)Cc2ccnn2C)cc1C. The van der Waals surface area contributed by atoms with Gasteiger partial charge in [-0.2, -0.15) is 5.10 Å². The molecule has 2 aromatic rings. The van der Waals surface area contributed by atoms with E-state index in [0.29, 0.717) is 6.54 Å². The van der Waals surface area contributed by atoms with Gasteiger partial charge in [-0.3, -0.25) is 9.48 Å². The third-order valence-electron chi connectivity index (χ3n) is 3.42. The first-order chi connectivity index (χ1) is 8.99. The molecule has 1 heterocycles. The van der Waals surface area contributed by atoms with Gasteiger partial charge in [-0.05, 0) is 43.2 Å². The number of aryl methyl sites for hydroxylation is 3. The van der Waals surface area contributed by atoms with Crippen LogP contribution < -0.4 is 0 Å². The molecule has 0 aliphatic heterocycles. The molecule has 1 aromatic carbocycles. The molecule has 0 saturated carbocycles. The van der Waals surface area contributed by atoms with Crippen LogP contribution in [0.4, 0.5) is 0 Å². The lowest BCUT2D eigenvalue weighted by Gasteiger charge is -2.17. The Morgan fingerprint density at radius 3 is 2.58 bits per heavy atom. The summed E-state index contributed by atoms with van der Waals surface area (Å²) in [4.78, 5) is 14.1. The molecule has 100 valence electrons. The predicted octanol–water partition coefficient (Wildman–Crippen LogP) is 2.31. The predicted molar refractivity (Wildman–Crippen MR) is 74.9 cm³/mol. The number of hydrogen-bond donors (Lipinski definition) is 0. The maximum Gasteiger partial charge on any atom is 0.253 e. The first kappa shape index (κ1) is 13.3. The minimum absolute atomic E-state index is 0.0318. The molecular weight excluding hydrogens is 238 g/mol. The van der Waals surface area contributed by atoms with Gasteiger partial charge in [-0.15, -0.1) is 0 Å². The second-order valence-electron chi connectivity index (χ2n) is 4.91. The van der Waals surface area contributed by atoms with Gasteiger partial charge >= 0.3 is 0 Å². The van der Waals surface area contributed by atoms with Crippen LogP contribution in [0, 0.1) is 13.8 Å². The van der Waals surface area contributed by atoms with E-state index in [2.05, 4.69) is 5.10 Å². The highest BCUT2D eigenvalue weighted by Crippen LogP contribution is 2.13. The van der Waals surface area contributed by atoms with Crippen molar-refractivity contribution in [2.24, 2.45) is 7.05 Å². The molecule has 0 aliphatic carbocycles. The van der Waals surface area contributed by atoms with Crippen molar-refractivity contribution in [1.29, 1.82) is 0 Å². The van der Waals surface area contributed by atoms with Gasteiger partial charge in [-0.25, -0.2) is 0 Å². The fourth-order valence-electron chi connectivity index (χ4n) is 1.97. The van der Waals surface area contributed by atoms with Crippen molar-refractivity contribution >= 4 is 5.91 Å². The quantitative estimate of drug-likeness (QED) is 0.846. The van der Waals surface area contributed by atoms with Crippen LogP contribution in [0.2, 0.25) is 0 Å². The fourth-order valence-corrected chi connectivity index (χ4v) is 1.97. The van der Waals surface area contributed by atoms with E-state index >= 15 is 0 Å². The van der Waals surface area contributed by atoms with Gasteiger partial charge < -0.3 is 4.90 Å². The van der Waals surface area contributed by atoms with Crippen LogP contribution in [0.25, 0.3) is 0 Å². The van der Waals surface area contributed by atoms with Crippen LogP contribution >= 0.6 is 0 Å². The number of rotatable bonds is 3. The molecule has 4 heteroatoms. The van der Waals surface area contributed by atoms with Crippen LogP contribution in [0.15, 0.2) is 30.5 Å². The lowest BCUT2D eigenvalue weighted by molar-refractivity contribution is 0.0782. The van der Waals surface area contributed by atoms with Crippen LogP contribution in [-0.2, 0) is 13.6 Å². The summed E-state index contributed by atoms with van der Waals surface area (Å²) in [5.41, 5.74) is 4.08. The summed E-state index contributed by atoms with van der Waals surface area (Å²) in [7, 11) is 3.69. The Morgan fingerprint density at radius 1 is 1.26 bits per heavy atom. The molecule has 0 aliphatic rings. The standard InChI is InChI=1S/C15H19N3O/c1-11-5-6-13(9-12(11)2)15(19)17(3)10-14-7-8-16-18(14)4/h5-9H,10H2,1-4H3. The summed E-state index contributed by atoms with van der Waals surface area (Å²) in [5, 5.41) is 4.11. The first-order valence-electron chi connectivity index (χ1n) is 6.28. The Labute approximate surface area is 113 Å². The maximum atomic E-state index is 12.3. The van der Waals surface area contributed by atoms with E-state index in [1.165, 1.54) is 5.56 Å². The molecule has 0 atom stereocenters. The summed E-state index contributed by atoms with van der Waals surface area (Å²) >= 11 is 0. The van der Waals surface area contributed by atoms with Crippen LogP contribution in [0.1, 0.15) is 27.2 Å². The van der Waals surface area contributed by atoms with Crippen molar-refractivity contribution in [2.75, 3.05) is 7.05 Å². The van der Waals surface area contributed by atoms with Crippen LogP contribution in [-0.4, -0.2) is 27.6 Å². The zero-order chi connectivity index (χ0) is 14.0. The van der Waals surface area contributed by atoms with Crippen LogP contribution in [0.3, 0.4) is 0 Å². The Hall–Kier alpha value is -2.10. The molecule has 2 rings (SSSR count). The Balaban J connectivity index is 2.15. The maximum absolute atomic E-state index is 12.3. The number of benzene rings is 1. The van der Waals surface area contributed by atoms with Gasteiger partial charge in [0.05, 0.1) is 12.2 Å². The number of nitrogens with zero attached hydrogens (tertiary/aromatic N) is 3. The largest absolute Gasteiger partial charge is 0.336 e. The van der Waals surface area contributed by atoms with Gasteiger partial charge in [0.2, 0.25) is 0 Å². The third-order valence-corrected chi connectivity index (χ3v) is 3.42. The summed E-state index contributed by atoms with van der Waals surface area (Å²) in [6, 6.07) is 7.73. The number of hydrogen-bond acceptors (Lipinski definition) is 2. The molecule has 1 aromatic heterocycles. The Bertz CT molecular complexity index is 601. The lowest BCUT2D eigenvalue weighted by Crippen LogP contribution is -2.27. The topological polar surface area (TPSA) is 38.1 Å². The van der Waals surface area contributed by atoms with Gasteiger partial charge in [0.25, 0.3) is 5.91 Å². The molecule has 0 radical (unpaired) electrons. The van der Waals surface area contributed by atoms with E-state index in [9.17, 15) is 4.79 Å². The molecule has 1 amide bonds. The van der Waals surface area contributed by atoms with Gasteiger partial charge in [-0.1, -0.05) is 6.07 Å². The lowest BCUT2D eigenvalue weighted by atomic mass is 10.1. The average Bonchev–Trinajstić information content (AvgIpc) is 2.77. The minimum atomic E-state index is 0.0318. The van der Waals surface area contributed by atoms with E-state index in [0.717, 1.165) is 16.8 Å². The van der Waals surface area contributed by atoms with Gasteiger partial charge in [0.1, 0.15) is 0 Å². The number of amides is 1. The van der Waals surface area contributed by atoms with Crippen molar-refractivity contribution in [3.8, 4) is 0 Å². The molecular formula is C15H19N3O. The Kier molecular flexibility index (Phi) is 3.69. The first-order valence-corrected chi connectivity index (χ1v) is 6.28. The molecule has 0 N–H and O–H groups in total. The summed E-state index contributed by atoms with van der Waals surface area (Å²) < 4.78 is 1.78. The van der Waals surface area contributed by atoms with Crippen molar-refractivity contribution in [3.05, 3.63) is 52.8 Å². The minimum Gasteiger partial charge on any atom is -0.336 e. The molecule has 0 unspecified atom stereocenters. The van der Waals surface area contributed by atoms with E-state index in [1.807, 2.05) is 52.2 Å². The second-order valence-corrected chi connectivity index (χ2v) is 4.91. The molecule has 4 nitrogen and oxygen atoms in total. The molecule has 0 spiro atoms. The van der Waals surface area contributed by atoms with Crippen molar-refractivity contribution < 1.29 is 4.79 Å². The smallest absolute Gasteiger partial charge is 0.253 e. The molecule has 19 heavy (non-hydrogen) atoms. The van der Waals surface area contributed by atoms with Crippen molar-refractivity contribution in [1.82, 2.24) is 14.7 Å². The number of carbonyl (C=O) groups is 1. The number of carbonyl (C=O) groups excluding carboxylic acids is 1. The van der Waals surface area contributed by atoms with Gasteiger partial charge in [0, 0.05) is 25.9 Å². The van der Waals surface area contributed by atoms with E-state index in [-0.39, 0.29) is 5.91 Å². The van der Waals surface area contributed by atoms with E-state index in [1.54, 1.807) is 15.8 Å². The van der Waals surface area contributed by atoms with E-state index < -0.39 is 0 Å². The molecule has 0 saturated heterocycles. The normalized spacial score (nSPS) is 10.5. The zero-order valence-corrected chi connectivity index (χ0v) is 11.8. The highest BCUT2D eigenvalue weighted by atomic mass is 16.2.